The molecule has 2 N–H and O–H groups in total. The summed E-state index contributed by atoms with van der Waals surface area (Å²) in [7, 11) is -1.65. The van der Waals surface area contributed by atoms with Crippen molar-refractivity contribution < 1.29 is 22.7 Å². The van der Waals surface area contributed by atoms with Crippen LogP contribution in [0.5, 0.6) is 5.75 Å². The Morgan fingerprint density at radius 2 is 1.76 bits per heavy atom. The molecule has 8 nitrogen and oxygen atoms in total. The van der Waals surface area contributed by atoms with Crippen LogP contribution in [0.2, 0.25) is 0 Å². The zero-order valence-electron chi connectivity index (χ0n) is 20.1. The zero-order chi connectivity index (χ0) is 24.8. The van der Waals surface area contributed by atoms with Gasteiger partial charge in [0.05, 0.1) is 13.4 Å². The number of nitrogens with one attached hydrogen (secondary N) is 2. The van der Waals surface area contributed by atoms with Gasteiger partial charge in [0.2, 0.25) is 15.9 Å². The molecule has 182 valence electrons. The summed E-state index contributed by atoms with van der Waals surface area (Å²) in [5.41, 5.74) is 4.23. The topological polar surface area (TPSA) is 105 Å². The summed E-state index contributed by atoms with van der Waals surface area (Å²) in [5.74, 6) is 1.04. The number of imide groups is 1. The van der Waals surface area contributed by atoms with Crippen molar-refractivity contribution in [2.75, 3.05) is 29.5 Å². The molecule has 0 aromatic heterocycles. The lowest BCUT2D eigenvalue weighted by atomic mass is 9.83. The monoisotopic (exact) mass is 485 g/mol. The third-order valence-electron chi connectivity index (χ3n) is 6.31. The minimum atomic E-state index is -3.32. The number of benzene rings is 2. The molecule has 1 aliphatic carbocycles. The Morgan fingerprint density at radius 3 is 2.32 bits per heavy atom. The Balaban J connectivity index is 1.69. The Morgan fingerprint density at radius 1 is 1.09 bits per heavy atom. The lowest BCUT2D eigenvalue weighted by molar-refractivity contribution is -0.120. The van der Waals surface area contributed by atoms with Crippen LogP contribution in [0.1, 0.15) is 62.1 Å². The van der Waals surface area contributed by atoms with Crippen molar-refractivity contribution in [3.8, 4) is 5.75 Å². The van der Waals surface area contributed by atoms with E-state index in [1.165, 1.54) is 0 Å². The molecule has 2 atom stereocenters. The lowest BCUT2D eigenvalue weighted by Gasteiger charge is -2.31. The number of urea groups is 1. The molecule has 1 saturated heterocycles. The fraction of sp³-hybridized carbons (Fsp3) is 0.440. The maximum atomic E-state index is 12.5. The summed E-state index contributed by atoms with van der Waals surface area (Å²) >= 11 is 0. The number of rotatable bonds is 6. The average Bonchev–Trinajstić information content (AvgIpc) is 3.52. The number of carbonyl (C=O) groups excluding carboxylic acids is 2. The fourth-order valence-corrected chi connectivity index (χ4v) is 5.15. The van der Waals surface area contributed by atoms with E-state index < -0.39 is 16.1 Å². The number of carbonyl (C=O) groups is 2. The highest BCUT2D eigenvalue weighted by atomic mass is 32.2. The predicted octanol–water partition coefficient (Wildman–Crippen LogP) is 4.08. The molecule has 2 unspecified atom stereocenters. The zero-order valence-corrected chi connectivity index (χ0v) is 21.0. The number of nitrogens with zero attached hydrogens (tertiary/aromatic N) is 1. The number of ether oxygens (including phenoxy) is 1. The first-order chi connectivity index (χ1) is 15.9. The minimum absolute atomic E-state index is 0.208. The predicted molar refractivity (Wildman–Crippen MR) is 132 cm³/mol. The van der Waals surface area contributed by atoms with Crippen LogP contribution < -0.4 is 19.7 Å². The van der Waals surface area contributed by atoms with Crippen molar-refractivity contribution in [1.82, 2.24) is 5.32 Å². The Bertz CT molecular complexity index is 1230. The average molecular weight is 486 g/mol. The molecule has 3 amide bonds. The van der Waals surface area contributed by atoms with Gasteiger partial charge in [0.1, 0.15) is 5.75 Å². The summed E-state index contributed by atoms with van der Waals surface area (Å²) < 4.78 is 31.3. The van der Waals surface area contributed by atoms with Gasteiger partial charge in [-0.05, 0) is 53.5 Å². The molecule has 34 heavy (non-hydrogen) atoms. The highest BCUT2D eigenvalue weighted by molar-refractivity contribution is 7.92. The van der Waals surface area contributed by atoms with Gasteiger partial charge in [-0.25, -0.2) is 13.2 Å². The Hall–Kier alpha value is -3.07. The van der Waals surface area contributed by atoms with E-state index in [0.29, 0.717) is 12.2 Å². The summed E-state index contributed by atoms with van der Waals surface area (Å²) in [6.45, 7) is 6.66. The van der Waals surface area contributed by atoms with Crippen LogP contribution in [0.15, 0.2) is 36.4 Å². The maximum Gasteiger partial charge on any atom is 0.328 e. The molecule has 2 aliphatic rings. The first-order valence-electron chi connectivity index (χ1n) is 11.3. The first kappa shape index (κ1) is 24.1. The number of hydrogen-bond acceptors (Lipinski definition) is 5. The van der Waals surface area contributed by atoms with Gasteiger partial charge in [-0.3, -0.25) is 19.7 Å². The van der Waals surface area contributed by atoms with Crippen LogP contribution >= 0.6 is 0 Å². The van der Waals surface area contributed by atoms with E-state index in [2.05, 4.69) is 30.8 Å². The summed E-state index contributed by atoms with van der Waals surface area (Å²) in [6, 6.07) is 11.0. The molecule has 2 aromatic rings. The second-order valence-electron chi connectivity index (χ2n) is 10.1. The van der Waals surface area contributed by atoms with Gasteiger partial charge in [-0.15, -0.1) is 0 Å². The van der Waals surface area contributed by atoms with E-state index in [4.69, 9.17) is 4.74 Å². The van der Waals surface area contributed by atoms with Crippen LogP contribution in [-0.4, -0.2) is 40.3 Å². The molecule has 0 spiro atoms. The molecule has 2 aromatic carbocycles. The van der Waals surface area contributed by atoms with Crippen LogP contribution in [0, 0.1) is 0 Å². The van der Waals surface area contributed by atoms with Gasteiger partial charge in [0.25, 0.3) is 0 Å². The summed E-state index contributed by atoms with van der Waals surface area (Å²) in [5, 5.41) is 2.40. The SMILES string of the molecule is COc1c(C2CC2c2ccc(NS(C)(=O)=O)cc2)cc(N2CCC(=O)NC2=O)cc1C(C)(C)C. The second kappa shape index (κ2) is 8.61. The molecular weight excluding hydrogens is 454 g/mol. The van der Waals surface area contributed by atoms with Crippen LogP contribution in [0.3, 0.4) is 0 Å². The van der Waals surface area contributed by atoms with E-state index >= 15 is 0 Å². The quantitative estimate of drug-likeness (QED) is 0.642. The van der Waals surface area contributed by atoms with E-state index in [1.807, 2.05) is 24.3 Å². The number of anilines is 2. The maximum absolute atomic E-state index is 12.5. The van der Waals surface area contributed by atoms with E-state index in [-0.39, 0.29) is 29.6 Å². The second-order valence-corrected chi connectivity index (χ2v) is 11.8. The van der Waals surface area contributed by atoms with Crippen molar-refractivity contribution in [3.05, 3.63) is 53.1 Å². The molecule has 0 bridgehead atoms. The highest BCUT2D eigenvalue weighted by Gasteiger charge is 2.43. The number of sulfonamides is 1. The van der Waals surface area contributed by atoms with Gasteiger partial charge < -0.3 is 4.74 Å². The van der Waals surface area contributed by atoms with Crippen molar-refractivity contribution in [1.29, 1.82) is 0 Å². The van der Waals surface area contributed by atoms with Gasteiger partial charge in [-0.1, -0.05) is 32.9 Å². The molecule has 0 radical (unpaired) electrons. The van der Waals surface area contributed by atoms with Crippen molar-refractivity contribution in [2.24, 2.45) is 0 Å². The van der Waals surface area contributed by atoms with Crippen LogP contribution in [-0.2, 0) is 20.2 Å². The Kier molecular flexibility index (Phi) is 6.10. The largest absolute Gasteiger partial charge is 0.496 e. The molecule has 1 aliphatic heterocycles. The van der Waals surface area contributed by atoms with Crippen LogP contribution in [0.25, 0.3) is 0 Å². The first-order valence-corrected chi connectivity index (χ1v) is 13.2. The van der Waals surface area contributed by atoms with E-state index in [1.54, 1.807) is 24.1 Å². The van der Waals surface area contributed by atoms with Gasteiger partial charge in [0.15, 0.2) is 0 Å². The number of hydrogen-bond donors (Lipinski definition) is 2. The third-order valence-corrected chi connectivity index (χ3v) is 6.92. The Labute approximate surface area is 200 Å². The van der Waals surface area contributed by atoms with E-state index in [0.717, 1.165) is 40.8 Å². The fourth-order valence-electron chi connectivity index (χ4n) is 4.58. The molecular formula is C25H31N3O5S. The van der Waals surface area contributed by atoms with E-state index in [9.17, 15) is 18.0 Å². The van der Waals surface area contributed by atoms with Gasteiger partial charge >= 0.3 is 6.03 Å². The lowest BCUT2D eigenvalue weighted by Crippen LogP contribution is -2.49. The molecule has 9 heteroatoms. The van der Waals surface area contributed by atoms with Crippen LogP contribution in [0.4, 0.5) is 16.2 Å². The standard InChI is InChI=1S/C25H31N3O5S/c1-25(2,3)21-13-17(28-11-10-22(29)26-24(28)30)12-20(23(21)33-4)19-14-18(19)15-6-8-16(9-7-15)27-34(5,31)32/h6-9,12-13,18-19,27H,10-11,14H2,1-5H3,(H,26,29,30). The molecule has 4 rings (SSSR count). The smallest absolute Gasteiger partial charge is 0.328 e. The summed E-state index contributed by atoms with van der Waals surface area (Å²) in [4.78, 5) is 25.8. The number of amides is 3. The minimum Gasteiger partial charge on any atom is -0.496 e. The van der Waals surface area contributed by atoms with Gasteiger partial charge in [0, 0.05) is 35.5 Å². The van der Waals surface area contributed by atoms with Crippen molar-refractivity contribution in [3.63, 3.8) is 0 Å². The number of methoxy groups -OCH3 is 1. The molecule has 1 saturated carbocycles. The van der Waals surface area contributed by atoms with Crippen molar-refractivity contribution >= 4 is 33.3 Å². The third kappa shape index (κ3) is 5.04. The molecule has 2 fully saturated rings. The van der Waals surface area contributed by atoms with Crippen molar-refractivity contribution in [2.45, 2.75) is 50.9 Å². The highest BCUT2D eigenvalue weighted by Crippen LogP contribution is 2.58. The summed E-state index contributed by atoms with van der Waals surface area (Å²) in [6.07, 6.45) is 2.31. The molecule has 1 heterocycles. The van der Waals surface area contributed by atoms with Gasteiger partial charge in [-0.2, -0.15) is 0 Å². The normalized spacial score (nSPS) is 20.7.